The summed E-state index contributed by atoms with van der Waals surface area (Å²) < 4.78 is 4.85. The fraction of sp³-hybridized carbons (Fsp3) is 0.267. The van der Waals surface area contributed by atoms with E-state index in [2.05, 4.69) is 10.5 Å². The van der Waals surface area contributed by atoms with Gasteiger partial charge in [-0.3, -0.25) is 9.59 Å². The summed E-state index contributed by atoms with van der Waals surface area (Å²) in [7, 11) is 1.55. The molecule has 0 aliphatic carbocycles. The van der Waals surface area contributed by atoms with E-state index >= 15 is 0 Å². The van der Waals surface area contributed by atoms with E-state index in [1.165, 1.54) is 16.7 Å². The molecular weight excluding hydrogens is 373 g/mol. The minimum atomic E-state index is -0.357. The lowest BCUT2D eigenvalue weighted by Crippen LogP contribution is -2.36. The molecule has 9 heteroatoms. The topological polar surface area (TPSA) is 75.4 Å². The van der Waals surface area contributed by atoms with Crippen LogP contribution in [0.2, 0.25) is 10.0 Å². The summed E-state index contributed by atoms with van der Waals surface area (Å²) in [6.07, 6.45) is 0. The first kappa shape index (κ1) is 18.6. The number of halogens is 2. The van der Waals surface area contributed by atoms with Crippen LogP contribution < -0.4 is 5.32 Å². The number of carbonyl (C=O) groups is 2. The van der Waals surface area contributed by atoms with E-state index in [1.807, 2.05) is 0 Å². The predicted molar refractivity (Wildman–Crippen MR) is 94.7 cm³/mol. The maximum atomic E-state index is 12.1. The van der Waals surface area contributed by atoms with Gasteiger partial charge in [0.25, 0.3) is 0 Å². The monoisotopic (exact) mass is 387 g/mol. The van der Waals surface area contributed by atoms with Crippen LogP contribution in [0.1, 0.15) is 5.76 Å². The van der Waals surface area contributed by atoms with E-state index in [0.717, 1.165) is 0 Å². The number of anilines is 1. The Balaban J connectivity index is 1.83. The van der Waals surface area contributed by atoms with Crippen LogP contribution in [-0.2, 0) is 9.59 Å². The molecule has 128 valence electrons. The number of carbonyl (C=O) groups excluding carboxylic acids is 2. The van der Waals surface area contributed by atoms with Gasteiger partial charge in [-0.15, -0.1) is 11.8 Å². The Kier molecular flexibility index (Phi) is 6.53. The van der Waals surface area contributed by atoms with E-state index in [4.69, 9.17) is 27.7 Å². The van der Waals surface area contributed by atoms with Crippen molar-refractivity contribution in [2.75, 3.05) is 24.7 Å². The molecule has 0 saturated heterocycles. The Morgan fingerprint density at radius 3 is 2.75 bits per heavy atom. The lowest BCUT2D eigenvalue weighted by Gasteiger charge is -2.16. The molecule has 0 aliphatic heterocycles. The van der Waals surface area contributed by atoms with Gasteiger partial charge in [0.2, 0.25) is 11.8 Å². The molecule has 0 bridgehead atoms. The number of aryl methyl sites for hydroxylation is 1. The molecule has 0 aliphatic rings. The van der Waals surface area contributed by atoms with E-state index in [9.17, 15) is 9.59 Å². The van der Waals surface area contributed by atoms with Crippen molar-refractivity contribution in [3.63, 3.8) is 0 Å². The number of nitrogens with zero attached hydrogens (tertiary/aromatic N) is 2. The molecule has 2 rings (SSSR count). The van der Waals surface area contributed by atoms with Crippen molar-refractivity contribution in [2.45, 2.75) is 11.8 Å². The smallest absolute Gasteiger partial charge is 0.245 e. The summed E-state index contributed by atoms with van der Waals surface area (Å²) in [5, 5.41) is 7.29. The van der Waals surface area contributed by atoms with Crippen LogP contribution in [0.5, 0.6) is 0 Å². The zero-order valence-corrected chi connectivity index (χ0v) is 15.3. The fourth-order valence-corrected chi connectivity index (χ4v) is 3.18. The van der Waals surface area contributed by atoms with Gasteiger partial charge in [0, 0.05) is 23.0 Å². The second-order valence-electron chi connectivity index (χ2n) is 4.98. The number of nitrogens with one attached hydrogen (secondary N) is 1. The summed E-state index contributed by atoms with van der Waals surface area (Å²) in [6.45, 7) is 1.63. The number of hydrogen-bond donors (Lipinski definition) is 1. The quantitative estimate of drug-likeness (QED) is 0.767. The summed E-state index contributed by atoms with van der Waals surface area (Å²) in [6, 6.07) is 6.64. The Morgan fingerprint density at radius 2 is 2.08 bits per heavy atom. The van der Waals surface area contributed by atoms with Crippen molar-refractivity contribution in [1.29, 1.82) is 0 Å². The van der Waals surface area contributed by atoms with Crippen molar-refractivity contribution >= 4 is 52.6 Å². The average molecular weight is 388 g/mol. The van der Waals surface area contributed by atoms with Crippen LogP contribution >= 0.6 is 35.0 Å². The zero-order chi connectivity index (χ0) is 17.7. The number of rotatable bonds is 6. The van der Waals surface area contributed by atoms with Gasteiger partial charge in [0.15, 0.2) is 5.82 Å². The minimum Gasteiger partial charge on any atom is -0.360 e. The molecule has 2 amide bonds. The number of amides is 2. The van der Waals surface area contributed by atoms with E-state index in [0.29, 0.717) is 26.5 Å². The number of thioether (sulfide) groups is 1. The SMILES string of the molecule is Cc1cc(NC(=O)CN(C)C(=O)CSc2cc(Cl)ccc2Cl)no1. The third-order valence-electron chi connectivity index (χ3n) is 2.95. The fourth-order valence-electron chi connectivity index (χ4n) is 1.75. The Labute approximate surface area is 153 Å². The van der Waals surface area contributed by atoms with Crippen LogP contribution in [0.25, 0.3) is 0 Å². The number of benzene rings is 1. The summed E-state index contributed by atoms with van der Waals surface area (Å²) >= 11 is 13.2. The first-order valence-electron chi connectivity index (χ1n) is 6.90. The van der Waals surface area contributed by atoms with Crippen molar-refractivity contribution in [3.05, 3.63) is 40.1 Å². The molecule has 0 spiro atoms. The third-order valence-corrected chi connectivity index (χ3v) is 4.66. The maximum Gasteiger partial charge on any atom is 0.245 e. The molecule has 1 heterocycles. The lowest BCUT2D eigenvalue weighted by atomic mass is 10.4. The first-order valence-corrected chi connectivity index (χ1v) is 8.64. The molecule has 24 heavy (non-hydrogen) atoms. The van der Waals surface area contributed by atoms with Gasteiger partial charge in [-0.05, 0) is 25.1 Å². The molecular formula is C15H15Cl2N3O3S. The van der Waals surface area contributed by atoms with Crippen molar-refractivity contribution in [3.8, 4) is 0 Å². The average Bonchev–Trinajstić information content (AvgIpc) is 2.92. The maximum absolute atomic E-state index is 12.1. The molecule has 0 radical (unpaired) electrons. The second kappa shape index (κ2) is 8.41. The molecule has 0 fully saturated rings. The Hall–Kier alpha value is -1.70. The molecule has 0 saturated carbocycles. The van der Waals surface area contributed by atoms with Gasteiger partial charge in [0.05, 0.1) is 17.3 Å². The van der Waals surface area contributed by atoms with E-state index < -0.39 is 0 Å². The minimum absolute atomic E-state index is 0.0887. The Bertz CT molecular complexity index is 751. The van der Waals surface area contributed by atoms with Gasteiger partial charge in [0.1, 0.15) is 5.76 Å². The van der Waals surface area contributed by atoms with Crippen molar-refractivity contribution in [2.24, 2.45) is 0 Å². The number of aromatic nitrogens is 1. The standard InChI is InChI=1S/C15H15Cl2N3O3S/c1-9-5-13(19-23-9)18-14(21)7-20(2)15(22)8-24-12-6-10(16)3-4-11(12)17/h3-6H,7-8H2,1-2H3,(H,18,19,21). The Morgan fingerprint density at radius 1 is 1.33 bits per heavy atom. The van der Waals surface area contributed by atoms with Gasteiger partial charge in [-0.2, -0.15) is 0 Å². The van der Waals surface area contributed by atoms with E-state index in [1.54, 1.807) is 38.2 Å². The second-order valence-corrected chi connectivity index (χ2v) is 6.85. The summed E-state index contributed by atoms with van der Waals surface area (Å²) in [5.74, 6) is 0.489. The first-order chi connectivity index (χ1) is 11.3. The van der Waals surface area contributed by atoms with Crippen LogP contribution in [0.3, 0.4) is 0 Å². The number of hydrogen-bond acceptors (Lipinski definition) is 5. The summed E-state index contributed by atoms with van der Waals surface area (Å²) in [4.78, 5) is 26.0. The highest BCUT2D eigenvalue weighted by molar-refractivity contribution is 8.00. The predicted octanol–water partition coefficient (Wildman–Crippen LogP) is 3.48. The van der Waals surface area contributed by atoms with Crippen molar-refractivity contribution < 1.29 is 14.1 Å². The molecule has 6 nitrogen and oxygen atoms in total. The van der Waals surface area contributed by atoms with Gasteiger partial charge in [-0.25, -0.2) is 0 Å². The highest BCUT2D eigenvalue weighted by Crippen LogP contribution is 2.29. The van der Waals surface area contributed by atoms with Crippen LogP contribution in [0.4, 0.5) is 5.82 Å². The highest BCUT2D eigenvalue weighted by Gasteiger charge is 2.15. The molecule has 2 aromatic rings. The highest BCUT2D eigenvalue weighted by atomic mass is 35.5. The molecule has 1 N–H and O–H groups in total. The van der Waals surface area contributed by atoms with Gasteiger partial charge < -0.3 is 14.7 Å². The van der Waals surface area contributed by atoms with Gasteiger partial charge >= 0.3 is 0 Å². The zero-order valence-electron chi connectivity index (χ0n) is 13.0. The van der Waals surface area contributed by atoms with Crippen LogP contribution in [-0.4, -0.2) is 41.2 Å². The number of likely N-dealkylation sites (N-methyl/N-ethyl adjacent to an activating group) is 1. The van der Waals surface area contributed by atoms with E-state index in [-0.39, 0.29) is 24.1 Å². The van der Waals surface area contributed by atoms with Gasteiger partial charge in [-0.1, -0.05) is 28.4 Å². The molecule has 1 aromatic heterocycles. The van der Waals surface area contributed by atoms with Crippen LogP contribution in [0.15, 0.2) is 33.7 Å². The summed E-state index contributed by atoms with van der Waals surface area (Å²) in [5.41, 5.74) is 0. The molecule has 0 unspecified atom stereocenters. The molecule has 0 atom stereocenters. The van der Waals surface area contributed by atoms with Crippen LogP contribution in [0, 0.1) is 6.92 Å². The normalized spacial score (nSPS) is 10.5. The largest absolute Gasteiger partial charge is 0.360 e. The third kappa shape index (κ3) is 5.43. The van der Waals surface area contributed by atoms with Crippen molar-refractivity contribution in [1.82, 2.24) is 10.1 Å². The molecule has 1 aromatic carbocycles. The lowest BCUT2D eigenvalue weighted by molar-refractivity contribution is -0.131.